The molecule has 0 spiro atoms. The number of rotatable bonds is 4. The van der Waals surface area contributed by atoms with Gasteiger partial charge in [0.1, 0.15) is 12.2 Å². The zero-order chi connectivity index (χ0) is 17.1. The Morgan fingerprint density at radius 2 is 2.17 bits per heavy atom. The van der Waals surface area contributed by atoms with E-state index in [1.807, 2.05) is 18.2 Å². The van der Waals surface area contributed by atoms with E-state index in [2.05, 4.69) is 15.3 Å². The molecule has 3 heterocycles. The zero-order valence-corrected chi connectivity index (χ0v) is 13.7. The number of hydrogen-bond acceptors (Lipinski definition) is 6. The number of carbonyl (C=O) groups excluding carboxylic acids is 3. The Bertz CT molecular complexity index is 829. The van der Waals surface area contributed by atoms with Gasteiger partial charge in [-0.15, -0.1) is 11.3 Å². The van der Waals surface area contributed by atoms with Gasteiger partial charge >= 0.3 is 0 Å². The second-order valence-electron chi connectivity index (χ2n) is 5.21. The molecule has 0 aliphatic carbocycles. The van der Waals surface area contributed by atoms with Gasteiger partial charge in [-0.3, -0.25) is 19.4 Å². The van der Waals surface area contributed by atoms with Crippen molar-refractivity contribution in [3.63, 3.8) is 0 Å². The van der Waals surface area contributed by atoms with Crippen molar-refractivity contribution in [2.45, 2.75) is 13.3 Å². The van der Waals surface area contributed by atoms with Gasteiger partial charge in [0.2, 0.25) is 11.8 Å². The van der Waals surface area contributed by atoms with Gasteiger partial charge in [-0.2, -0.15) is 0 Å². The number of anilines is 1. The maximum atomic E-state index is 12.1. The van der Waals surface area contributed by atoms with E-state index in [1.165, 1.54) is 22.3 Å². The van der Waals surface area contributed by atoms with E-state index >= 15 is 0 Å². The first-order valence-electron chi connectivity index (χ1n) is 7.21. The normalized spacial score (nSPS) is 14.5. The fourth-order valence-electron chi connectivity index (χ4n) is 2.28. The lowest BCUT2D eigenvalue weighted by atomic mass is 10.1. The summed E-state index contributed by atoms with van der Waals surface area (Å²) in [6.45, 7) is 1.48. The third kappa shape index (κ3) is 3.54. The van der Waals surface area contributed by atoms with E-state index in [0.717, 1.165) is 5.69 Å². The molecule has 24 heavy (non-hydrogen) atoms. The molecular formula is C16H14N4O3S. The quantitative estimate of drug-likeness (QED) is 0.856. The Kier molecular flexibility index (Phi) is 4.48. The van der Waals surface area contributed by atoms with Crippen molar-refractivity contribution in [1.82, 2.24) is 14.9 Å². The molecule has 8 heteroatoms. The largest absolute Gasteiger partial charge is 0.307 e. The molecule has 0 radical (unpaired) electrons. The number of nitrogens with one attached hydrogen (secondary N) is 1. The Labute approximate surface area is 142 Å². The molecule has 0 fully saturated rings. The molecule has 0 atom stereocenters. The third-order valence-electron chi connectivity index (χ3n) is 3.40. The molecule has 7 nitrogen and oxygen atoms in total. The monoisotopic (exact) mass is 342 g/mol. The standard InChI is InChI=1S/C16H14N4O3S/c1-10-6-11(21)7-15(23)20(10)8-14(22)19-16-18-13(9-24-16)12-4-2-3-5-17-12/h2-6,9H,7-8H2,1H3,(H,18,19,22). The highest BCUT2D eigenvalue weighted by atomic mass is 32.1. The average Bonchev–Trinajstić information content (AvgIpc) is 3.00. The van der Waals surface area contributed by atoms with Crippen LogP contribution in [0, 0.1) is 0 Å². The van der Waals surface area contributed by atoms with E-state index in [1.54, 1.807) is 18.5 Å². The van der Waals surface area contributed by atoms with E-state index in [9.17, 15) is 14.4 Å². The fraction of sp³-hybridized carbons (Fsp3) is 0.188. The Morgan fingerprint density at radius 3 is 2.88 bits per heavy atom. The first-order chi connectivity index (χ1) is 11.5. The Morgan fingerprint density at radius 1 is 1.33 bits per heavy atom. The highest BCUT2D eigenvalue weighted by Crippen LogP contribution is 2.23. The van der Waals surface area contributed by atoms with Crippen LogP contribution in [0.5, 0.6) is 0 Å². The van der Waals surface area contributed by atoms with Crippen LogP contribution in [0.15, 0.2) is 41.5 Å². The number of ketones is 1. The minimum Gasteiger partial charge on any atom is -0.307 e. The topological polar surface area (TPSA) is 92.3 Å². The lowest BCUT2D eigenvalue weighted by Crippen LogP contribution is -2.40. The predicted molar refractivity (Wildman–Crippen MR) is 89.1 cm³/mol. The molecular weight excluding hydrogens is 328 g/mol. The minimum absolute atomic E-state index is 0.146. The van der Waals surface area contributed by atoms with Crippen molar-refractivity contribution in [2.75, 3.05) is 11.9 Å². The van der Waals surface area contributed by atoms with E-state index in [0.29, 0.717) is 16.5 Å². The number of hydrogen-bond donors (Lipinski definition) is 1. The number of nitrogens with zero attached hydrogens (tertiary/aromatic N) is 3. The van der Waals surface area contributed by atoms with Gasteiger partial charge in [-0.25, -0.2) is 4.98 Å². The summed E-state index contributed by atoms with van der Waals surface area (Å²) < 4.78 is 0. The van der Waals surface area contributed by atoms with Crippen molar-refractivity contribution >= 4 is 34.1 Å². The van der Waals surface area contributed by atoms with Crippen molar-refractivity contribution in [3.8, 4) is 11.4 Å². The SMILES string of the molecule is CC1=CC(=O)CC(=O)N1CC(=O)Nc1nc(-c2ccccn2)cs1. The summed E-state index contributed by atoms with van der Waals surface area (Å²) in [5.74, 6) is -0.982. The summed E-state index contributed by atoms with van der Waals surface area (Å²) in [6.07, 6.45) is 2.84. The Balaban J connectivity index is 1.66. The highest BCUT2D eigenvalue weighted by molar-refractivity contribution is 7.14. The summed E-state index contributed by atoms with van der Waals surface area (Å²) >= 11 is 1.28. The molecule has 2 aromatic rings. The van der Waals surface area contributed by atoms with E-state index < -0.39 is 0 Å². The van der Waals surface area contributed by atoms with Gasteiger partial charge in [0.25, 0.3) is 0 Å². The van der Waals surface area contributed by atoms with Crippen LogP contribution in [0.2, 0.25) is 0 Å². The van der Waals surface area contributed by atoms with Gasteiger partial charge < -0.3 is 10.2 Å². The highest BCUT2D eigenvalue weighted by Gasteiger charge is 2.25. The molecule has 0 aromatic carbocycles. The van der Waals surface area contributed by atoms with Gasteiger partial charge in [0.05, 0.1) is 12.1 Å². The van der Waals surface area contributed by atoms with Gasteiger partial charge in [-0.05, 0) is 19.1 Å². The second kappa shape index (κ2) is 6.71. The molecule has 0 saturated carbocycles. The number of carbonyl (C=O) groups is 3. The number of aromatic nitrogens is 2. The summed E-state index contributed by atoms with van der Waals surface area (Å²) in [5, 5.41) is 4.90. The minimum atomic E-state index is -0.372. The lowest BCUT2D eigenvalue weighted by Gasteiger charge is -2.25. The van der Waals surface area contributed by atoms with E-state index in [-0.39, 0.29) is 30.6 Å². The number of pyridine rings is 1. The second-order valence-corrected chi connectivity index (χ2v) is 6.07. The van der Waals surface area contributed by atoms with Crippen LogP contribution in [0.25, 0.3) is 11.4 Å². The average molecular weight is 342 g/mol. The molecule has 2 aromatic heterocycles. The maximum Gasteiger partial charge on any atom is 0.246 e. The lowest BCUT2D eigenvalue weighted by molar-refractivity contribution is -0.136. The molecule has 122 valence electrons. The first kappa shape index (κ1) is 16.0. The molecule has 1 aliphatic heterocycles. The van der Waals surface area contributed by atoms with Crippen molar-refractivity contribution < 1.29 is 14.4 Å². The van der Waals surface area contributed by atoms with Crippen LogP contribution in [0.1, 0.15) is 13.3 Å². The predicted octanol–water partition coefficient (Wildman–Crippen LogP) is 1.85. The Hall–Kier alpha value is -2.87. The summed E-state index contributed by atoms with van der Waals surface area (Å²) in [5.41, 5.74) is 1.86. The van der Waals surface area contributed by atoms with Crippen LogP contribution < -0.4 is 5.32 Å². The van der Waals surface area contributed by atoms with Crippen LogP contribution >= 0.6 is 11.3 Å². The number of allylic oxidation sites excluding steroid dienone is 2. The number of amides is 2. The van der Waals surface area contributed by atoms with Crippen molar-refractivity contribution in [1.29, 1.82) is 0 Å². The summed E-state index contributed by atoms with van der Waals surface area (Å²) in [7, 11) is 0. The van der Waals surface area contributed by atoms with Crippen LogP contribution in [0.3, 0.4) is 0 Å². The maximum absolute atomic E-state index is 12.1. The number of thiazole rings is 1. The molecule has 1 N–H and O–H groups in total. The molecule has 2 amide bonds. The van der Waals surface area contributed by atoms with Gasteiger partial charge in [0.15, 0.2) is 10.9 Å². The molecule has 0 unspecified atom stereocenters. The van der Waals surface area contributed by atoms with Crippen molar-refractivity contribution in [2.24, 2.45) is 0 Å². The smallest absolute Gasteiger partial charge is 0.246 e. The summed E-state index contributed by atoms with van der Waals surface area (Å²) in [6, 6.07) is 5.51. The first-order valence-corrected chi connectivity index (χ1v) is 8.09. The van der Waals surface area contributed by atoms with Crippen LogP contribution in [0.4, 0.5) is 5.13 Å². The molecule has 1 aliphatic rings. The molecule has 0 saturated heterocycles. The van der Waals surface area contributed by atoms with E-state index in [4.69, 9.17) is 0 Å². The summed E-state index contributed by atoms with van der Waals surface area (Å²) in [4.78, 5) is 45.1. The zero-order valence-electron chi connectivity index (χ0n) is 12.9. The van der Waals surface area contributed by atoms with Crippen molar-refractivity contribution in [3.05, 3.63) is 41.5 Å². The molecule has 0 bridgehead atoms. The van der Waals surface area contributed by atoms with Gasteiger partial charge in [-0.1, -0.05) is 6.07 Å². The molecule has 3 rings (SSSR count). The van der Waals surface area contributed by atoms with Gasteiger partial charge in [0, 0.05) is 23.3 Å². The fourth-order valence-corrected chi connectivity index (χ4v) is 3.00. The van der Waals surface area contributed by atoms with Crippen LogP contribution in [-0.4, -0.2) is 39.0 Å². The third-order valence-corrected chi connectivity index (χ3v) is 4.16. The van der Waals surface area contributed by atoms with Crippen LogP contribution in [-0.2, 0) is 14.4 Å².